The molecule has 0 aromatic heterocycles. The highest BCUT2D eigenvalue weighted by atomic mass is 16.5. The number of hydrogen-bond donors (Lipinski definition) is 1. The van der Waals surface area contributed by atoms with Gasteiger partial charge in [-0.05, 0) is 25.0 Å². The molecule has 0 bridgehead atoms. The van der Waals surface area contributed by atoms with Gasteiger partial charge in [-0.1, -0.05) is 24.3 Å². The van der Waals surface area contributed by atoms with Gasteiger partial charge in [-0.15, -0.1) is 0 Å². The molecule has 1 aliphatic rings. The fraction of sp³-hybridized carbons (Fsp3) is 0.500. The Labute approximate surface area is 124 Å². The van der Waals surface area contributed by atoms with Crippen LogP contribution in [0.3, 0.4) is 0 Å². The van der Waals surface area contributed by atoms with Crippen molar-refractivity contribution in [3.63, 3.8) is 0 Å². The maximum Gasteiger partial charge on any atom is 0.312 e. The molecule has 1 N–H and O–H groups in total. The molecule has 0 saturated carbocycles. The lowest BCUT2D eigenvalue weighted by Crippen LogP contribution is -2.41. The van der Waals surface area contributed by atoms with Gasteiger partial charge in [0.1, 0.15) is 0 Å². The highest BCUT2D eigenvalue weighted by Gasteiger charge is 2.32. The quantitative estimate of drug-likeness (QED) is 0.901. The lowest BCUT2D eigenvalue weighted by Gasteiger charge is -2.33. The summed E-state index contributed by atoms with van der Waals surface area (Å²) in [7, 11) is 0. The standard InChI is InChI=1S/C16H21NO4/c1-11(2)21-8-7-15(18)17-9-12-5-3-4-6-13(12)14(10-17)16(19)20/h3-6,11,14H,7-10H2,1-2H3,(H,19,20)/t14-/m0/s1. The molecule has 5 heteroatoms. The van der Waals surface area contributed by atoms with Gasteiger partial charge in [0.15, 0.2) is 0 Å². The second-order valence-electron chi connectivity index (χ2n) is 5.53. The highest BCUT2D eigenvalue weighted by molar-refractivity contribution is 5.81. The molecule has 21 heavy (non-hydrogen) atoms. The van der Waals surface area contributed by atoms with E-state index in [9.17, 15) is 14.7 Å². The fourth-order valence-electron chi connectivity index (χ4n) is 2.55. The van der Waals surface area contributed by atoms with E-state index in [1.165, 1.54) is 0 Å². The van der Waals surface area contributed by atoms with Gasteiger partial charge < -0.3 is 14.7 Å². The van der Waals surface area contributed by atoms with Crippen molar-refractivity contribution in [2.75, 3.05) is 13.2 Å². The van der Waals surface area contributed by atoms with Crippen LogP contribution in [0.2, 0.25) is 0 Å². The van der Waals surface area contributed by atoms with Gasteiger partial charge in [0.2, 0.25) is 5.91 Å². The van der Waals surface area contributed by atoms with Gasteiger partial charge in [0.25, 0.3) is 0 Å². The number of carbonyl (C=O) groups is 2. The van der Waals surface area contributed by atoms with E-state index < -0.39 is 11.9 Å². The Bertz CT molecular complexity index is 527. The van der Waals surface area contributed by atoms with Gasteiger partial charge in [0.05, 0.1) is 25.0 Å². The van der Waals surface area contributed by atoms with Crippen LogP contribution in [-0.2, 0) is 20.9 Å². The molecule has 0 radical (unpaired) electrons. The van der Waals surface area contributed by atoms with Crippen molar-refractivity contribution in [3.05, 3.63) is 35.4 Å². The average molecular weight is 291 g/mol. The molecule has 0 saturated heterocycles. The number of amides is 1. The fourth-order valence-corrected chi connectivity index (χ4v) is 2.55. The molecule has 5 nitrogen and oxygen atoms in total. The van der Waals surface area contributed by atoms with Gasteiger partial charge in [-0.2, -0.15) is 0 Å². The minimum Gasteiger partial charge on any atom is -0.481 e. The van der Waals surface area contributed by atoms with E-state index in [2.05, 4.69) is 0 Å². The average Bonchev–Trinajstić information content (AvgIpc) is 2.45. The van der Waals surface area contributed by atoms with Crippen molar-refractivity contribution in [2.24, 2.45) is 0 Å². The van der Waals surface area contributed by atoms with E-state index in [4.69, 9.17) is 4.74 Å². The number of carboxylic acid groups (broad SMARTS) is 1. The van der Waals surface area contributed by atoms with Crippen LogP contribution in [-0.4, -0.2) is 41.1 Å². The minimum atomic E-state index is -0.890. The molecule has 1 amide bonds. The van der Waals surface area contributed by atoms with Crippen LogP contribution in [0, 0.1) is 0 Å². The topological polar surface area (TPSA) is 66.8 Å². The third-order valence-corrected chi connectivity index (χ3v) is 3.61. The molecular weight excluding hydrogens is 270 g/mol. The molecule has 1 aromatic carbocycles. The monoisotopic (exact) mass is 291 g/mol. The third kappa shape index (κ3) is 3.82. The van der Waals surface area contributed by atoms with E-state index in [-0.39, 0.29) is 25.0 Å². The predicted octanol–water partition coefficient (Wildman–Crippen LogP) is 2.01. The maximum absolute atomic E-state index is 12.2. The van der Waals surface area contributed by atoms with Gasteiger partial charge >= 0.3 is 5.97 Å². The first-order chi connectivity index (χ1) is 9.99. The summed E-state index contributed by atoms with van der Waals surface area (Å²) < 4.78 is 5.38. The van der Waals surface area contributed by atoms with Crippen molar-refractivity contribution in [1.82, 2.24) is 4.90 Å². The summed E-state index contributed by atoms with van der Waals surface area (Å²) in [4.78, 5) is 25.3. The Morgan fingerprint density at radius 3 is 2.76 bits per heavy atom. The maximum atomic E-state index is 12.2. The van der Waals surface area contributed by atoms with Gasteiger partial charge in [-0.3, -0.25) is 9.59 Å². The molecule has 114 valence electrons. The predicted molar refractivity (Wildman–Crippen MR) is 77.9 cm³/mol. The van der Waals surface area contributed by atoms with E-state index >= 15 is 0 Å². The van der Waals surface area contributed by atoms with Crippen LogP contribution in [0.4, 0.5) is 0 Å². The van der Waals surface area contributed by atoms with E-state index in [1.54, 1.807) is 4.90 Å². The summed E-state index contributed by atoms with van der Waals surface area (Å²) in [5.41, 5.74) is 1.72. The summed E-state index contributed by atoms with van der Waals surface area (Å²) in [6.45, 7) is 4.91. The van der Waals surface area contributed by atoms with Crippen LogP contribution in [0.1, 0.15) is 37.3 Å². The Morgan fingerprint density at radius 1 is 1.38 bits per heavy atom. The molecule has 1 aromatic rings. The first-order valence-corrected chi connectivity index (χ1v) is 7.19. The summed E-state index contributed by atoms with van der Waals surface area (Å²) in [6.07, 6.45) is 0.374. The van der Waals surface area contributed by atoms with Crippen molar-refractivity contribution < 1.29 is 19.4 Å². The Hall–Kier alpha value is -1.88. The summed E-state index contributed by atoms with van der Waals surface area (Å²) in [5.74, 6) is -1.60. The lowest BCUT2D eigenvalue weighted by atomic mass is 9.89. The number of hydrogen-bond acceptors (Lipinski definition) is 3. The van der Waals surface area contributed by atoms with E-state index in [0.717, 1.165) is 11.1 Å². The number of ether oxygens (including phenoxy) is 1. The van der Waals surface area contributed by atoms with Crippen molar-refractivity contribution >= 4 is 11.9 Å². The second kappa shape index (κ2) is 6.72. The molecule has 2 rings (SSSR count). The van der Waals surface area contributed by atoms with Crippen molar-refractivity contribution in [3.8, 4) is 0 Å². The molecule has 0 unspecified atom stereocenters. The number of nitrogens with zero attached hydrogens (tertiary/aromatic N) is 1. The summed E-state index contributed by atoms with van der Waals surface area (Å²) in [6, 6.07) is 7.42. The number of carbonyl (C=O) groups excluding carboxylic acids is 1. The molecule has 0 fully saturated rings. The number of fused-ring (bicyclic) bond motifs is 1. The highest BCUT2D eigenvalue weighted by Crippen LogP contribution is 2.28. The summed E-state index contributed by atoms with van der Waals surface area (Å²) >= 11 is 0. The van der Waals surface area contributed by atoms with Crippen molar-refractivity contribution in [2.45, 2.75) is 38.8 Å². The van der Waals surface area contributed by atoms with E-state index in [0.29, 0.717) is 13.2 Å². The summed E-state index contributed by atoms with van der Waals surface area (Å²) in [5, 5.41) is 9.37. The lowest BCUT2D eigenvalue weighted by molar-refractivity contribution is -0.141. The first-order valence-electron chi connectivity index (χ1n) is 7.19. The second-order valence-corrected chi connectivity index (χ2v) is 5.53. The van der Waals surface area contributed by atoms with Crippen LogP contribution in [0.15, 0.2) is 24.3 Å². The normalized spacial score (nSPS) is 17.7. The number of carboxylic acids is 1. The zero-order valence-corrected chi connectivity index (χ0v) is 12.4. The first kappa shape index (κ1) is 15.5. The molecule has 0 spiro atoms. The van der Waals surface area contributed by atoms with Gasteiger partial charge in [0, 0.05) is 13.1 Å². The zero-order valence-electron chi connectivity index (χ0n) is 12.4. The van der Waals surface area contributed by atoms with Gasteiger partial charge in [-0.25, -0.2) is 0 Å². The number of aliphatic carboxylic acids is 1. The van der Waals surface area contributed by atoms with E-state index in [1.807, 2.05) is 38.1 Å². The van der Waals surface area contributed by atoms with Crippen LogP contribution in [0.25, 0.3) is 0 Å². The molecule has 0 aliphatic carbocycles. The van der Waals surface area contributed by atoms with Crippen LogP contribution < -0.4 is 0 Å². The molecule has 1 aliphatic heterocycles. The molecule has 1 heterocycles. The van der Waals surface area contributed by atoms with Crippen molar-refractivity contribution in [1.29, 1.82) is 0 Å². The number of rotatable bonds is 5. The smallest absolute Gasteiger partial charge is 0.312 e. The Kier molecular flexibility index (Phi) is 4.96. The van der Waals surface area contributed by atoms with Crippen LogP contribution in [0.5, 0.6) is 0 Å². The largest absolute Gasteiger partial charge is 0.481 e. The Morgan fingerprint density at radius 2 is 2.10 bits per heavy atom. The SMILES string of the molecule is CC(C)OCCC(=O)N1Cc2ccccc2[C@@H](C(=O)O)C1. The minimum absolute atomic E-state index is 0.0589. The zero-order chi connectivity index (χ0) is 15.4. The molecular formula is C16H21NO4. The number of benzene rings is 1. The Balaban J connectivity index is 2.07. The van der Waals surface area contributed by atoms with Crippen LogP contribution >= 0.6 is 0 Å². The molecule has 1 atom stereocenters. The third-order valence-electron chi connectivity index (χ3n) is 3.61.